The van der Waals surface area contributed by atoms with Crippen molar-refractivity contribution in [1.82, 2.24) is 0 Å². The fraction of sp³-hybridized carbons (Fsp3) is 0.100. The molecule has 2 rings (SSSR count). The van der Waals surface area contributed by atoms with Crippen LogP contribution in [0.1, 0.15) is 11.1 Å². The van der Waals surface area contributed by atoms with Crippen LogP contribution in [0.2, 0.25) is 5.02 Å². The van der Waals surface area contributed by atoms with Crippen LogP contribution >= 0.6 is 22.9 Å². The normalized spacial score (nSPS) is 10.2. The van der Waals surface area contributed by atoms with Crippen molar-refractivity contribution in [2.24, 2.45) is 0 Å². The molecule has 1 nitrogen and oxygen atoms in total. The van der Waals surface area contributed by atoms with E-state index >= 15 is 0 Å². The molecule has 0 amide bonds. The number of hydrogen-bond acceptors (Lipinski definition) is 2. The van der Waals surface area contributed by atoms with Gasteiger partial charge in [0.05, 0.1) is 10.6 Å². The summed E-state index contributed by atoms with van der Waals surface area (Å²) >= 11 is 7.60. The average Bonchev–Trinajstić information content (AvgIpc) is 2.47. The quantitative estimate of drug-likeness (QED) is 0.646. The molecule has 0 bridgehead atoms. The van der Waals surface area contributed by atoms with Crippen molar-refractivity contribution in [2.75, 3.05) is 0 Å². The van der Waals surface area contributed by atoms with Gasteiger partial charge in [0, 0.05) is 15.5 Å². The zero-order valence-corrected chi connectivity index (χ0v) is 8.54. The van der Waals surface area contributed by atoms with Crippen molar-refractivity contribution in [3.63, 3.8) is 0 Å². The summed E-state index contributed by atoms with van der Waals surface area (Å²) in [5, 5.41) is 12.2. The second-order valence-corrected chi connectivity index (χ2v) is 4.20. The third-order valence-electron chi connectivity index (χ3n) is 1.89. The van der Waals surface area contributed by atoms with E-state index in [0.29, 0.717) is 10.6 Å². The van der Waals surface area contributed by atoms with Gasteiger partial charge in [-0.1, -0.05) is 11.6 Å². The van der Waals surface area contributed by atoms with Gasteiger partial charge in [-0.25, -0.2) is 0 Å². The van der Waals surface area contributed by atoms with Gasteiger partial charge in [-0.3, -0.25) is 0 Å². The largest absolute Gasteiger partial charge is 0.192 e. The van der Waals surface area contributed by atoms with E-state index in [1.165, 1.54) is 0 Å². The Morgan fingerprint density at radius 3 is 2.92 bits per heavy atom. The minimum Gasteiger partial charge on any atom is -0.192 e. The minimum absolute atomic E-state index is 0.671. The van der Waals surface area contributed by atoms with E-state index < -0.39 is 0 Å². The molecule has 0 aliphatic heterocycles. The predicted molar refractivity (Wildman–Crippen MR) is 56.3 cm³/mol. The molecule has 0 spiro atoms. The van der Waals surface area contributed by atoms with E-state index in [-0.39, 0.29) is 0 Å². The number of aryl methyl sites for hydroxylation is 1. The number of benzene rings is 1. The van der Waals surface area contributed by atoms with Gasteiger partial charge in [0.25, 0.3) is 0 Å². The molecule has 0 atom stereocenters. The van der Waals surface area contributed by atoms with E-state index in [1.54, 1.807) is 11.3 Å². The molecule has 3 heteroatoms. The Bertz CT molecular complexity index is 507. The second-order valence-electron chi connectivity index (χ2n) is 2.88. The smallest absolute Gasteiger partial charge is 0.101 e. The first-order valence-corrected chi connectivity index (χ1v) is 5.05. The van der Waals surface area contributed by atoms with Crippen LogP contribution < -0.4 is 0 Å². The van der Waals surface area contributed by atoms with Crippen molar-refractivity contribution in [3.8, 4) is 6.07 Å². The summed E-state index contributed by atoms with van der Waals surface area (Å²) in [7, 11) is 0. The molecule has 0 N–H and O–H groups in total. The summed E-state index contributed by atoms with van der Waals surface area (Å²) in [6.07, 6.45) is 0. The van der Waals surface area contributed by atoms with E-state index in [0.717, 1.165) is 15.6 Å². The highest BCUT2D eigenvalue weighted by Gasteiger charge is 2.07. The van der Waals surface area contributed by atoms with Crippen LogP contribution in [0.3, 0.4) is 0 Å². The fourth-order valence-electron chi connectivity index (χ4n) is 1.33. The predicted octanol–water partition coefficient (Wildman–Crippen LogP) is 3.73. The molecule has 2 aromatic rings. The summed E-state index contributed by atoms with van der Waals surface area (Å²) in [6, 6.07) is 6.07. The lowest BCUT2D eigenvalue weighted by Crippen LogP contribution is -1.75. The van der Waals surface area contributed by atoms with Crippen LogP contribution in [0.5, 0.6) is 0 Å². The number of nitriles is 1. The highest BCUT2D eigenvalue weighted by molar-refractivity contribution is 7.17. The van der Waals surface area contributed by atoms with Crippen LogP contribution in [0, 0.1) is 18.3 Å². The number of thiophene rings is 1. The molecule has 1 aromatic heterocycles. The molecular formula is C10H6ClNS. The third kappa shape index (κ3) is 1.31. The number of fused-ring (bicyclic) bond motifs is 1. The Labute approximate surface area is 85.2 Å². The van der Waals surface area contributed by atoms with Crippen LogP contribution in [-0.2, 0) is 0 Å². The van der Waals surface area contributed by atoms with Gasteiger partial charge in [-0.15, -0.1) is 11.3 Å². The van der Waals surface area contributed by atoms with Gasteiger partial charge in [0.15, 0.2) is 0 Å². The van der Waals surface area contributed by atoms with Crippen molar-refractivity contribution in [3.05, 3.63) is 33.7 Å². The number of rotatable bonds is 0. The molecule has 0 unspecified atom stereocenters. The van der Waals surface area contributed by atoms with Gasteiger partial charge in [-0.2, -0.15) is 5.26 Å². The summed E-state index contributed by atoms with van der Waals surface area (Å²) in [5.41, 5.74) is 1.80. The average molecular weight is 208 g/mol. The molecule has 0 aliphatic carbocycles. The SMILES string of the molecule is Cc1cc(Cl)c2c(C#N)csc2c1. The molecule has 1 heterocycles. The van der Waals surface area contributed by atoms with E-state index in [9.17, 15) is 0 Å². The second kappa shape index (κ2) is 3.02. The Kier molecular flexibility index (Phi) is 1.99. The van der Waals surface area contributed by atoms with Gasteiger partial charge in [-0.05, 0) is 24.6 Å². The number of nitrogens with zero attached hydrogens (tertiary/aromatic N) is 1. The Balaban J connectivity index is 2.92. The van der Waals surface area contributed by atoms with E-state index in [2.05, 4.69) is 6.07 Å². The first kappa shape index (κ1) is 8.55. The van der Waals surface area contributed by atoms with E-state index in [4.69, 9.17) is 16.9 Å². The molecule has 64 valence electrons. The number of halogens is 1. The third-order valence-corrected chi connectivity index (χ3v) is 3.12. The molecule has 0 radical (unpaired) electrons. The van der Waals surface area contributed by atoms with Crippen molar-refractivity contribution in [2.45, 2.75) is 6.92 Å². The van der Waals surface area contributed by atoms with Gasteiger partial charge < -0.3 is 0 Å². The van der Waals surface area contributed by atoms with Gasteiger partial charge in [0.1, 0.15) is 6.07 Å². The lowest BCUT2D eigenvalue weighted by Gasteiger charge is -1.96. The zero-order valence-electron chi connectivity index (χ0n) is 6.97. The van der Waals surface area contributed by atoms with Crippen LogP contribution in [0.25, 0.3) is 10.1 Å². The topological polar surface area (TPSA) is 23.8 Å². The molecule has 1 aromatic carbocycles. The standard InChI is InChI=1S/C10H6ClNS/c1-6-2-8(11)10-7(4-12)5-13-9(10)3-6/h2-3,5H,1H3. The minimum atomic E-state index is 0.671. The molecule has 0 saturated carbocycles. The Morgan fingerprint density at radius 2 is 2.23 bits per heavy atom. The van der Waals surface area contributed by atoms with Crippen molar-refractivity contribution >= 4 is 33.0 Å². The lowest BCUT2D eigenvalue weighted by molar-refractivity contribution is 1.50. The highest BCUT2D eigenvalue weighted by atomic mass is 35.5. The maximum Gasteiger partial charge on any atom is 0.101 e. The van der Waals surface area contributed by atoms with Gasteiger partial charge >= 0.3 is 0 Å². The Hall–Kier alpha value is -1.04. The van der Waals surface area contributed by atoms with E-state index in [1.807, 2.05) is 24.4 Å². The lowest BCUT2D eigenvalue weighted by atomic mass is 10.1. The molecule has 0 fully saturated rings. The molecule has 0 aliphatic rings. The highest BCUT2D eigenvalue weighted by Crippen LogP contribution is 2.32. The van der Waals surface area contributed by atoms with Crippen molar-refractivity contribution < 1.29 is 0 Å². The summed E-state index contributed by atoms with van der Waals surface area (Å²) in [4.78, 5) is 0. The maximum atomic E-state index is 8.82. The van der Waals surface area contributed by atoms with Crippen LogP contribution in [0.15, 0.2) is 17.5 Å². The summed E-state index contributed by atoms with van der Waals surface area (Å²) in [6.45, 7) is 2.00. The fourth-order valence-corrected chi connectivity index (χ4v) is 2.77. The van der Waals surface area contributed by atoms with Crippen LogP contribution in [0.4, 0.5) is 0 Å². The maximum absolute atomic E-state index is 8.82. The molecular weight excluding hydrogens is 202 g/mol. The van der Waals surface area contributed by atoms with Crippen LogP contribution in [-0.4, -0.2) is 0 Å². The molecule has 0 saturated heterocycles. The first-order chi connectivity index (χ1) is 6.22. The number of hydrogen-bond donors (Lipinski definition) is 0. The van der Waals surface area contributed by atoms with Crippen molar-refractivity contribution in [1.29, 1.82) is 5.26 Å². The summed E-state index contributed by atoms with van der Waals surface area (Å²) < 4.78 is 1.08. The molecule has 13 heavy (non-hydrogen) atoms. The Morgan fingerprint density at radius 1 is 1.46 bits per heavy atom. The zero-order chi connectivity index (χ0) is 9.42. The first-order valence-electron chi connectivity index (χ1n) is 3.80. The van der Waals surface area contributed by atoms with Gasteiger partial charge in [0.2, 0.25) is 0 Å². The monoisotopic (exact) mass is 207 g/mol. The summed E-state index contributed by atoms with van der Waals surface area (Å²) in [5.74, 6) is 0.